The molecule has 8 heteroatoms. The Kier molecular flexibility index (Phi) is 5.50. The minimum atomic E-state index is -3.78. The Labute approximate surface area is 146 Å². The van der Waals surface area contributed by atoms with Crippen molar-refractivity contribution in [1.29, 1.82) is 0 Å². The van der Waals surface area contributed by atoms with Gasteiger partial charge in [0.2, 0.25) is 0 Å². The van der Waals surface area contributed by atoms with Gasteiger partial charge >= 0.3 is 0 Å². The first-order valence-electron chi connectivity index (χ1n) is 7.61. The van der Waals surface area contributed by atoms with Crippen LogP contribution in [0.15, 0.2) is 29.4 Å². The van der Waals surface area contributed by atoms with E-state index in [9.17, 15) is 13.2 Å². The molecule has 2 atom stereocenters. The zero-order valence-electron chi connectivity index (χ0n) is 14.2. The summed E-state index contributed by atoms with van der Waals surface area (Å²) in [5, 5.41) is 12.9. The molecule has 0 radical (unpaired) electrons. The molecular formula is C17H20N2O5S. The number of hydrogen-bond acceptors (Lipinski definition) is 6. The summed E-state index contributed by atoms with van der Waals surface area (Å²) in [6, 6.07) is 7.45. The molecule has 0 spiro atoms. The first-order valence-corrected chi connectivity index (χ1v) is 9.50. The summed E-state index contributed by atoms with van der Waals surface area (Å²) >= 11 is 0. The Bertz CT molecular complexity index is 849. The van der Waals surface area contributed by atoms with E-state index in [1.165, 1.54) is 12.4 Å². The quantitative estimate of drug-likeness (QED) is 0.465. The van der Waals surface area contributed by atoms with Gasteiger partial charge in [-0.05, 0) is 31.5 Å². The van der Waals surface area contributed by atoms with Crippen LogP contribution in [0.2, 0.25) is 0 Å². The molecule has 0 saturated heterocycles. The Hall–Kier alpha value is -2.37. The van der Waals surface area contributed by atoms with Crippen molar-refractivity contribution in [2.45, 2.75) is 37.5 Å². The van der Waals surface area contributed by atoms with Crippen molar-refractivity contribution >= 4 is 21.5 Å². The molecule has 2 N–H and O–H groups in total. The second-order valence-electron chi connectivity index (χ2n) is 6.07. The summed E-state index contributed by atoms with van der Waals surface area (Å²) in [6.07, 6.45) is 0.613. The third-order valence-corrected chi connectivity index (χ3v) is 6.23. The monoisotopic (exact) mass is 364 g/mol. The van der Waals surface area contributed by atoms with Gasteiger partial charge in [-0.25, -0.2) is 13.9 Å². The summed E-state index contributed by atoms with van der Waals surface area (Å²) in [5.74, 6) is 4.77. The van der Waals surface area contributed by atoms with Crippen LogP contribution in [-0.4, -0.2) is 42.4 Å². The highest BCUT2D eigenvalue weighted by Gasteiger charge is 2.47. The van der Waals surface area contributed by atoms with E-state index in [-0.39, 0.29) is 6.42 Å². The second kappa shape index (κ2) is 7.25. The van der Waals surface area contributed by atoms with Gasteiger partial charge in [-0.15, -0.1) is 5.92 Å². The number of nitrogens with one attached hydrogen (secondary N) is 1. The van der Waals surface area contributed by atoms with Gasteiger partial charge in [0.1, 0.15) is 6.10 Å². The number of rotatable bonds is 5. The van der Waals surface area contributed by atoms with Crippen LogP contribution in [0.4, 0.5) is 0 Å². The van der Waals surface area contributed by atoms with E-state index in [0.29, 0.717) is 12.1 Å². The number of nitrogens with zero attached hydrogens (tertiary/aromatic N) is 1. The van der Waals surface area contributed by atoms with Gasteiger partial charge in [-0.2, -0.15) is 0 Å². The lowest BCUT2D eigenvalue weighted by Gasteiger charge is -2.26. The van der Waals surface area contributed by atoms with E-state index in [1.54, 1.807) is 6.92 Å². The SMILES string of the molecule is CC#Cc1ccc(C2=NO[C@@H](C[C@](C)(C(=O)NO)S(C)(=O)=O)C2)cc1. The molecule has 134 valence electrons. The lowest BCUT2D eigenvalue weighted by atomic mass is 9.96. The largest absolute Gasteiger partial charge is 0.392 e. The molecular weight excluding hydrogens is 344 g/mol. The highest BCUT2D eigenvalue weighted by atomic mass is 32.2. The fourth-order valence-electron chi connectivity index (χ4n) is 2.56. The van der Waals surface area contributed by atoms with Gasteiger partial charge in [0, 0.05) is 24.7 Å². The molecule has 2 rings (SSSR count). The molecule has 25 heavy (non-hydrogen) atoms. The number of carbonyl (C=O) groups is 1. The maximum atomic E-state index is 12.0. The predicted octanol–water partition coefficient (Wildman–Crippen LogP) is 1.25. The van der Waals surface area contributed by atoms with Crippen LogP contribution in [0.1, 0.15) is 37.8 Å². The van der Waals surface area contributed by atoms with E-state index < -0.39 is 26.6 Å². The van der Waals surface area contributed by atoms with Crippen LogP contribution in [0.25, 0.3) is 0 Å². The molecule has 0 saturated carbocycles. The molecule has 0 aromatic heterocycles. The Morgan fingerprint density at radius 1 is 1.44 bits per heavy atom. The Balaban J connectivity index is 2.13. The third kappa shape index (κ3) is 4.00. The second-order valence-corrected chi connectivity index (χ2v) is 8.52. The highest BCUT2D eigenvalue weighted by molar-refractivity contribution is 7.92. The van der Waals surface area contributed by atoms with Crippen molar-refractivity contribution in [3.63, 3.8) is 0 Å². The van der Waals surface area contributed by atoms with Gasteiger partial charge < -0.3 is 4.84 Å². The number of hydroxylamine groups is 1. The molecule has 1 aromatic carbocycles. The van der Waals surface area contributed by atoms with Gasteiger partial charge in [0.25, 0.3) is 5.91 Å². The fourth-order valence-corrected chi connectivity index (χ4v) is 3.43. The lowest BCUT2D eigenvalue weighted by molar-refractivity contribution is -0.132. The molecule has 0 aliphatic carbocycles. The molecule has 0 bridgehead atoms. The maximum Gasteiger partial charge on any atom is 0.264 e. The van der Waals surface area contributed by atoms with E-state index in [1.807, 2.05) is 24.3 Å². The van der Waals surface area contributed by atoms with Crippen LogP contribution < -0.4 is 5.48 Å². The zero-order chi connectivity index (χ0) is 18.7. The smallest absolute Gasteiger partial charge is 0.264 e. The van der Waals surface area contributed by atoms with Crippen LogP contribution in [-0.2, 0) is 19.5 Å². The summed E-state index contributed by atoms with van der Waals surface area (Å²) < 4.78 is 22.2. The average molecular weight is 364 g/mol. The topological polar surface area (TPSA) is 105 Å². The van der Waals surface area contributed by atoms with E-state index in [4.69, 9.17) is 10.0 Å². The normalized spacial score (nSPS) is 19.0. The van der Waals surface area contributed by atoms with Crippen LogP contribution in [0, 0.1) is 11.8 Å². The van der Waals surface area contributed by atoms with E-state index in [2.05, 4.69) is 17.0 Å². The van der Waals surface area contributed by atoms with Crippen molar-refractivity contribution in [2.75, 3.05) is 6.26 Å². The molecule has 7 nitrogen and oxygen atoms in total. The van der Waals surface area contributed by atoms with Gasteiger partial charge in [-0.1, -0.05) is 23.2 Å². The molecule has 1 amide bonds. The lowest BCUT2D eigenvalue weighted by Crippen LogP contribution is -2.51. The van der Waals surface area contributed by atoms with Crippen molar-refractivity contribution in [1.82, 2.24) is 5.48 Å². The molecule has 0 fully saturated rings. The fraction of sp³-hybridized carbons (Fsp3) is 0.412. The summed E-state index contributed by atoms with van der Waals surface area (Å²) in [5.41, 5.74) is 3.82. The first-order chi connectivity index (χ1) is 11.7. The first kappa shape index (κ1) is 19.0. The average Bonchev–Trinajstić information content (AvgIpc) is 3.02. The van der Waals surface area contributed by atoms with Gasteiger partial charge in [0.15, 0.2) is 14.6 Å². The summed E-state index contributed by atoms with van der Waals surface area (Å²) in [7, 11) is -3.78. The minimum absolute atomic E-state index is 0.120. The number of benzene rings is 1. The molecule has 1 aliphatic heterocycles. The van der Waals surface area contributed by atoms with Crippen molar-refractivity contribution < 1.29 is 23.3 Å². The van der Waals surface area contributed by atoms with Crippen molar-refractivity contribution in [3.05, 3.63) is 35.4 Å². The van der Waals surface area contributed by atoms with Crippen LogP contribution in [0.5, 0.6) is 0 Å². The summed E-state index contributed by atoms with van der Waals surface area (Å²) in [4.78, 5) is 17.2. The van der Waals surface area contributed by atoms with Gasteiger partial charge in [0.05, 0.1) is 5.71 Å². The zero-order valence-corrected chi connectivity index (χ0v) is 15.1. The predicted molar refractivity (Wildman–Crippen MR) is 92.8 cm³/mol. The van der Waals surface area contributed by atoms with E-state index in [0.717, 1.165) is 17.4 Å². The number of carbonyl (C=O) groups excluding carboxylic acids is 1. The minimum Gasteiger partial charge on any atom is -0.392 e. The van der Waals surface area contributed by atoms with Crippen LogP contribution in [0.3, 0.4) is 0 Å². The van der Waals surface area contributed by atoms with Crippen molar-refractivity contribution in [2.24, 2.45) is 5.16 Å². The molecule has 1 aromatic rings. The standard InChI is InChI=1S/C17H20N2O5S/c1-4-5-12-6-8-13(9-7-12)15-10-14(24-19-15)11-17(2,16(20)18-21)25(3,22)23/h6-9,14,21H,10-11H2,1-3H3,(H,18,20)/t14-,17-/m1/s1. The maximum absolute atomic E-state index is 12.0. The molecule has 1 heterocycles. The molecule has 1 aliphatic rings. The highest BCUT2D eigenvalue weighted by Crippen LogP contribution is 2.29. The summed E-state index contributed by atoms with van der Waals surface area (Å²) in [6.45, 7) is 3.02. The van der Waals surface area contributed by atoms with Crippen molar-refractivity contribution in [3.8, 4) is 11.8 Å². The van der Waals surface area contributed by atoms with E-state index >= 15 is 0 Å². The Morgan fingerprint density at radius 2 is 2.08 bits per heavy atom. The number of amides is 1. The van der Waals surface area contributed by atoms with Crippen LogP contribution >= 0.6 is 0 Å². The number of oxime groups is 1. The molecule has 0 unspecified atom stereocenters. The number of hydrogen-bond donors (Lipinski definition) is 2. The number of sulfone groups is 1. The third-order valence-electron chi connectivity index (χ3n) is 4.24. The Morgan fingerprint density at radius 3 is 2.60 bits per heavy atom. The van der Waals surface area contributed by atoms with Gasteiger partial charge in [-0.3, -0.25) is 10.0 Å².